The molecule has 1 aliphatic rings. The number of nitrogens with zero attached hydrogens (tertiary/aromatic N) is 5. The second-order valence-corrected chi connectivity index (χ2v) is 6.73. The van der Waals surface area contributed by atoms with Crippen LogP contribution in [0.3, 0.4) is 0 Å². The van der Waals surface area contributed by atoms with E-state index in [1.165, 1.54) is 0 Å². The predicted octanol–water partition coefficient (Wildman–Crippen LogP) is 2.62. The SMILES string of the molecule is Cc1ccccc1OCCC(=O)N1CC[C@H](c2nnc(-c3cnccn3)o2)C1. The number of aromatic nitrogens is 4. The third kappa shape index (κ3) is 4.00. The highest BCUT2D eigenvalue weighted by Gasteiger charge is 2.31. The first-order chi connectivity index (χ1) is 13.7. The second-order valence-electron chi connectivity index (χ2n) is 6.73. The molecule has 0 spiro atoms. The normalized spacial score (nSPS) is 16.3. The van der Waals surface area contributed by atoms with Crippen LogP contribution in [-0.4, -0.2) is 50.7 Å². The first-order valence-corrected chi connectivity index (χ1v) is 9.26. The molecule has 3 aromatic rings. The van der Waals surface area contributed by atoms with Gasteiger partial charge in [-0.3, -0.25) is 9.78 Å². The minimum absolute atomic E-state index is 0.0409. The molecule has 0 unspecified atom stereocenters. The van der Waals surface area contributed by atoms with Crippen LogP contribution in [0, 0.1) is 6.92 Å². The Bertz CT molecular complexity index is 944. The van der Waals surface area contributed by atoms with Crippen molar-refractivity contribution < 1.29 is 13.9 Å². The van der Waals surface area contributed by atoms with Crippen molar-refractivity contribution in [1.29, 1.82) is 0 Å². The number of benzene rings is 1. The number of aryl methyl sites for hydroxylation is 1. The molecular formula is C20H21N5O3. The molecule has 1 saturated heterocycles. The van der Waals surface area contributed by atoms with E-state index >= 15 is 0 Å². The topological polar surface area (TPSA) is 94.2 Å². The predicted molar refractivity (Wildman–Crippen MR) is 101 cm³/mol. The number of carbonyl (C=O) groups excluding carboxylic acids is 1. The molecular weight excluding hydrogens is 358 g/mol. The van der Waals surface area contributed by atoms with E-state index in [1.54, 1.807) is 18.6 Å². The van der Waals surface area contributed by atoms with Crippen molar-refractivity contribution in [3.63, 3.8) is 0 Å². The summed E-state index contributed by atoms with van der Waals surface area (Å²) in [6.07, 6.45) is 5.89. The lowest BCUT2D eigenvalue weighted by atomic mass is 10.1. The molecule has 1 aromatic carbocycles. The maximum absolute atomic E-state index is 12.5. The van der Waals surface area contributed by atoms with Gasteiger partial charge in [-0.1, -0.05) is 18.2 Å². The Morgan fingerprint density at radius 1 is 1.29 bits per heavy atom. The Morgan fingerprint density at radius 3 is 3.00 bits per heavy atom. The van der Waals surface area contributed by atoms with E-state index in [-0.39, 0.29) is 11.8 Å². The fourth-order valence-electron chi connectivity index (χ4n) is 3.23. The van der Waals surface area contributed by atoms with Crippen LogP contribution in [0.5, 0.6) is 5.75 Å². The summed E-state index contributed by atoms with van der Waals surface area (Å²) in [6.45, 7) is 3.60. The van der Waals surface area contributed by atoms with Crippen molar-refractivity contribution in [2.24, 2.45) is 0 Å². The molecule has 144 valence electrons. The van der Waals surface area contributed by atoms with Gasteiger partial charge in [-0.15, -0.1) is 10.2 Å². The maximum atomic E-state index is 12.5. The Hall–Kier alpha value is -3.29. The summed E-state index contributed by atoms with van der Waals surface area (Å²) in [5.74, 6) is 1.81. The van der Waals surface area contributed by atoms with Gasteiger partial charge in [0.15, 0.2) is 0 Å². The maximum Gasteiger partial charge on any atom is 0.267 e. The van der Waals surface area contributed by atoms with Crippen molar-refractivity contribution in [2.75, 3.05) is 19.7 Å². The summed E-state index contributed by atoms with van der Waals surface area (Å²) in [7, 11) is 0. The largest absolute Gasteiger partial charge is 0.493 e. The van der Waals surface area contributed by atoms with Crippen LogP contribution in [0.2, 0.25) is 0 Å². The number of amides is 1. The number of likely N-dealkylation sites (tertiary alicyclic amines) is 1. The van der Waals surface area contributed by atoms with Gasteiger partial charge in [0, 0.05) is 25.5 Å². The van der Waals surface area contributed by atoms with E-state index in [2.05, 4.69) is 20.2 Å². The number of para-hydroxylation sites is 1. The van der Waals surface area contributed by atoms with Crippen LogP contribution in [0.25, 0.3) is 11.6 Å². The van der Waals surface area contributed by atoms with Crippen molar-refractivity contribution in [3.8, 4) is 17.3 Å². The molecule has 0 radical (unpaired) electrons. The zero-order valence-corrected chi connectivity index (χ0v) is 15.6. The molecule has 1 aliphatic heterocycles. The fourth-order valence-corrected chi connectivity index (χ4v) is 3.23. The Balaban J connectivity index is 1.30. The van der Waals surface area contributed by atoms with E-state index in [0.29, 0.717) is 43.6 Å². The minimum atomic E-state index is 0.0409. The highest BCUT2D eigenvalue weighted by atomic mass is 16.5. The quantitative estimate of drug-likeness (QED) is 0.650. The van der Waals surface area contributed by atoms with E-state index in [4.69, 9.17) is 9.15 Å². The monoisotopic (exact) mass is 379 g/mol. The number of hydrogen-bond acceptors (Lipinski definition) is 7. The third-order valence-electron chi connectivity index (χ3n) is 4.78. The number of carbonyl (C=O) groups is 1. The minimum Gasteiger partial charge on any atom is -0.493 e. The molecule has 2 aromatic heterocycles. The third-order valence-corrected chi connectivity index (χ3v) is 4.78. The molecule has 0 N–H and O–H groups in total. The number of rotatable bonds is 6. The highest BCUT2D eigenvalue weighted by molar-refractivity contribution is 5.76. The Kier molecular flexibility index (Phi) is 5.27. The molecule has 4 rings (SSSR count). The van der Waals surface area contributed by atoms with Crippen molar-refractivity contribution in [3.05, 3.63) is 54.3 Å². The number of ether oxygens (including phenoxy) is 1. The smallest absolute Gasteiger partial charge is 0.267 e. The molecule has 0 bridgehead atoms. The van der Waals surface area contributed by atoms with E-state index in [0.717, 1.165) is 17.7 Å². The van der Waals surface area contributed by atoms with E-state index < -0.39 is 0 Å². The fraction of sp³-hybridized carbons (Fsp3) is 0.350. The molecule has 0 aliphatic carbocycles. The van der Waals surface area contributed by atoms with Gasteiger partial charge in [-0.2, -0.15) is 0 Å². The summed E-state index contributed by atoms with van der Waals surface area (Å²) in [4.78, 5) is 22.5. The van der Waals surface area contributed by atoms with Crippen LogP contribution in [0.4, 0.5) is 0 Å². The Morgan fingerprint density at radius 2 is 2.18 bits per heavy atom. The van der Waals surface area contributed by atoms with Crippen molar-refractivity contribution in [2.45, 2.75) is 25.7 Å². The summed E-state index contributed by atoms with van der Waals surface area (Å²) in [5, 5.41) is 8.18. The summed E-state index contributed by atoms with van der Waals surface area (Å²) in [5.41, 5.74) is 1.60. The molecule has 8 heteroatoms. The van der Waals surface area contributed by atoms with Crippen LogP contribution in [-0.2, 0) is 4.79 Å². The zero-order chi connectivity index (χ0) is 19.3. The van der Waals surface area contributed by atoms with Gasteiger partial charge in [-0.25, -0.2) is 4.98 Å². The summed E-state index contributed by atoms with van der Waals surface area (Å²) >= 11 is 0. The van der Waals surface area contributed by atoms with Gasteiger partial charge in [0.1, 0.15) is 11.4 Å². The van der Waals surface area contributed by atoms with Crippen molar-refractivity contribution in [1.82, 2.24) is 25.1 Å². The second kappa shape index (κ2) is 8.16. The van der Waals surface area contributed by atoms with Gasteiger partial charge in [0.05, 0.1) is 25.1 Å². The standard InChI is InChI=1S/C20H21N5O3/c1-14-4-2-3-5-17(14)27-11-7-18(26)25-10-6-15(13-25)19-23-24-20(28-19)16-12-21-8-9-22-16/h2-5,8-9,12,15H,6-7,10-11,13H2,1H3/t15-/m0/s1. The van der Waals surface area contributed by atoms with Gasteiger partial charge in [-0.05, 0) is 25.0 Å². The molecule has 1 fully saturated rings. The van der Waals surface area contributed by atoms with Gasteiger partial charge in [0.2, 0.25) is 11.8 Å². The number of hydrogen-bond donors (Lipinski definition) is 0. The van der Waals surface area contributed by atoms with Crippen LogP contribution >= 0.6 is 0 Å². The first kappa shape index (κ1) is 18.1. The van der Waals surface area contributed by atoms with Crippen molar-refractivity contribution >= 4 is 5.91 Å². The molecule has 8 nitrogen and oxygen atoms in total. The summed E-state index contributed by atoms with van der Waals surface area (Å²) < 4.78 is 11.5. The molecule has 28 heavy (non-hydrogen) atoms. The Labute approximate surface area is 162 Å². The molecule has 3 heterocycles. The van der Waals surface area contributed by atoms with Crippen LogP contribution in [0.1, 0.15) is 30.2 Å². The van der Waals surface area contributed by atoms with E-state index in [9.17, 15) is 4.79 Å². The lowest BCUT2D eigenvalue weighted by Gasteiger charge is -2.16. The van der Waals surface area contributed by atoms with Gasteiger partial charge in [0.25, 0.3) is 5.89 Å². The summed E-state index contributed by atoms with van der Waals surface area (Å²) in [6, 6.07) is 7.79. The average molecular weight is 379 g/mol. The van der Waals surface area contributed by atoms with Gasteiger partial charge >= 0.3 is 0 Å². The first-order valence-electron chi connectivity index (χ1n) is 9.26. The molecule has 1 atom stereocenters. The lowest BCUT2D eigenvalue weighted by Crippen LogP contribution is -2.29. The zero-order valence-electron chi connectivity index (χ0n) is 15.6. The van der Waals surface area contributed by atoms with E-state index in [1.807, 2.05) is 36.1 Å². The van der Waals surface area contributed by atoms with Crippen LogP contribution < -0.4 is 4.74 Å². The molecule has 0 saturated carbocycles. The highest BCUT2D eigenvalue weighted by Crippen LogP contribution is 2.28. The van der Waals surface area contributed by atoms with Crippen LogP contribution in [0.15, 0.2) is 47.3 Å². The lowest BCUT2D eigenvalue weighted by molar-refractivity contribution is -0.130. The average Bonchev–Trinajstić information content (AvgIpc) is 3.40. The van der Waals surface area contributed by atoms with Gasteiger partial charge < -0.3 is 14.1 Å². The molecule has 1 amide bonds.